The Labute approximate surface area is 95.2 Å². The average molecular weight is 276 g/mol. The van der Waals surface area contributed by atoms with Gasteiger partial charge in [0.25, 0.3) is 0 Å². The minimum atomic E-state index is -0.930. The lowest BCUT2D eigenvalue weighted by Crippen LogP contribution is -2.13. The lowest BCUT2D eigenvalue weighted by Gasteiger charge is -2.11. The molecule has 0 amide bonds. The number of halogens is 2. The largest absolute Gasteiger partial charge is 0.481 e. The van der Waals surface area contributed by atoms with E-state index in [0.717, 1.165) is 4.47 Å². The van der Waals surface area contributed by atoms with Crippen LogP contribution in [0.2, 0.25) is 0 Å². The van der Waals surface area contributed by atoms with Gasteiger partial charge < -0.3 is 10.8 Å². The first-order chi connectivity index (χ1) is 7.00. The molecule has 3 nitrogen and oxygen atoms in total. The van der Waals surface area contributed by atoms with Crippen molar-refractivity contribution in [3.8, 4) is 0 Å². The fourth-order valence-electron chi connectivity index (χ4n) is 1.23. The summed E-state index contributed by atoms with van der Waals surface area (Å²) in [4.78, 5) is 10.3. The second kappa shape index (κ2) is 5.23. The van der Waals surface area contributed by atoms with Crippen molar-refractivity contribution >= 4 is 21.9 Å². The van der Waals surface area contributed by atoms with Crippen molar-refractivity contribution in [3.63, 3.8) is 0 Å². The number of nitrogens with two attached hydrogens (primary N) is 1. The highest BCUT2D eigenvalue weighted by atomic mass is 79.9. The van der Waals surface area contributed by atoms with Crippen molar-refractivity contribution in [2.75, 3.05) is 0 Å². The highest BCUT2D eigenvalue weighted by molar-refractivity contribution is 9.10. The van der Waals surface area contributed by atoms with Crippen LogP contribution in [-0.2, 0) is 4.79 Å². The second-order valence-electron chi connectivity index (χ2n) is 3.20. The third-order valence-electron chi connectivity index (χ3n) is 2.03. The summed E-state index contributed by atoms with van der Waals surface area (Å²) in [7, 11) is 0. The molecule has 0 aliphatic heterocycles. The molecule has 0 spiro atoms. The van der Waals surface area contributed by atoms with Gasteiger partial charge >= 0.3 is 5.97 Å². The Hall–Kier alpha value is -0.940. The first-order valence-corrected chi connectivity index (χ1v) is 5.22. The normalized spacial score (nSPS) is 12.5. The molecule has 1 aromatic rings. The zero-order valence-corrected chi connectivity index (χ0v) is 9.50. The molecule has 5 heteroatoms. The van der Waals surface area contributed by atoms with Crippen LogP contribution in [0.4, 0.5) is 4.39 Å². The Bertz CT molecular complexity index is 370. The smallest absolute Gasteiger partial charge is 0.303 e. The van der Waals surface area contributed by atoms with Crippen molar-refractivity contribution < 1.29 is 14.3 Å². The van der Waals surface area contributed by atoms with Crippen molar-refractivity contribution in [2.24, 2.45) is 5.73 Å². The van der Waals surface area contributed by atoms with E-state index in [1.807, 2.05) is 0 Å². The van der Waals surface area contributed by atoms with Gasteiger partial charge in [0.05, 0.1) is 0 Å². The molecular weight excluding hydrogens is 265 g/mol. The highest BCUT2D eigenvalue weighted by Crippen LogP contribution is 2.23. The topological polar surface area (TPSA) is 63.3 Å². The molecule has 0 heterocycles. The van der Waals surface area contributed by atoms with Crippen LogP contribution in [-0.4, -0.2) is 11.1 Å². The minimum Gasteiger partial charge on any atom is -0.481 e. The van der Waals surface area contributed by atoms with Gasteiger partial charge in [-0.2, -0.15) is 0 Å². The van der Waals surface area contributed by atoms with Crippen LogP contribution in [0.25, 0.3) is 0 Å². The van der Waals surface area contributed by atoms with E-state index in [-0.39, 0.29) is 12.8 Å². The third kappa shape index (κ3) is 3.60. The Morgan fingerprint density at radius 2 is 2.27 bits per heavy atom. The molecule has 0 radical (unpaired) electrons. The van der Waals surface area contributed by atoms with Crippen LogP contribution in [0.1, 0.15) is 24.4 Å². The Morgan fingerprint density at radius 3 is 2.87 bits per heavy atom. The minimum absolute atomic E-state index is 0.0624. The maximum absolute atomic E-state index is 13.3. The van der Waals surface area contributed by atoms with Crippen molar-refractivity contribution in [2.45, 2.75) is 18.9 Å². The molecule has 1 unspecified atom stereocenters. The van der Waals surface area contributed by atoms with Crippen LogP contribution in [0, 0.1) is 5.82 Å². The fraction of sp³-hybridized carbons (Fsp3) is 0.300. The van der Waals surface area contributed by atoms with Gasteiger partial charge in [0.1, 0.15) is 5.82 Å². The van der Waals surface area contributed by atoms with Crippen LogP contribution < -0.4 is 5.73 Å². The fourth-order valence-corrected chi connectivity index (χ4v) is 1.61. The quantitative estimate of drug-likeness (QED) is 0.887. The zero-order valence-electron chi connectivity index (χ0n) is 7.91. The molecule has 0 aliphatic carbocycles. The Kier molecular flexibility index (Phi) is 4.23. The standard InChI is InChI=1S/C10H11BrFNO2/c11-6-1-2-8(12)7(5-6)9(13)3-4-10(14)15/h1-2,5,9H,3-4,13H2,(H,14,15). The summed E-state index contributed by atoms with van der Waals surface area (Å²) in [6.45, 7) is 0. The first kappa shape index (κ1) is 12.1. The van der Waals surface area contributed by atoms with E-state index in [1.54, 1.807) is 12.1 Å². The number of rotatable bonds is 4. The van der Waals surface area contributed by atoms with Gasteiger partial charge in [0.15, 0.2) is 0 Å². The molecule has 0 aliphatic rings. The van der Waals surface area contributed by atoms with E-state index in [4.69, 9.17) is 10.8 Å². The summed E-state index contributed by atoms with van der Waals surface area (Å²) in [5.41, 5.74) is 6.03. The number of carboxylic acid groups (broad SMARTS) is 1. The summed E-state index contributed by atoms with van der Waals surface area (Å²) in [5, 5.41) is 8.47. The predicted molar refractivity (Wildman–Crippen MR) is 57.9 cm³/mol. The Balaban J connectivity index is 2.76. The first-order valence-electron chi connectivity index (χ1n) is 4.43. The van der Waals surface area contributed by atoms with Gasteiger partial charge in [0, 0.05) is 22.5 Å². The van der Waals surface area contributed by atoms with E-state index in [0.29, 0.717) is 5.56 Å². The monoisotopic (exact) mass is 275 g/mol. The van der Waals surface area contributed by atoms with Crippen LogP contribution in [0.15, 0.2) is 22.7 Å². The van der Waals surface area contributed by atoms with E-state index in [1.165, 1.54) is 6.07 Å². The van der Waals surface area contributed by atoms with Gasteiger partial charge in [-0.15, -0.1) is 0 Å². The zero-order chi connectivity index (χ0) is 11.4. The van der Waals surface area contributed by atoms with E-state index in [2.05, 4.69) is 15.9 Å². The van der Waals surface area contributed by atoms with E-state index in [9.17, 15) is 9.18 Å². The number of carbonyl (C=O) groups is 1. The van der Waals surface area contributed by atoms with Gasteiger partial charge in [0.2, 0.25) is 0 Å². The average Bonchev–Trinajstić information content (AvgIpc) is 2.18. The third-order valence-corrected chi connectivity index (χ3v) is 2.52. The van der Waals surface area contributed by atoms with Crippen molar-refractivity contribution in [3.05, 3.63) is 34.1 Å². The molecule has 15 heavy (non-hydrogen) atoms. The molecule has 0 saturated heterocycles. The second-order valence-corrected chi connectivity index (χ2v) is 4.12. The number of carboxylic acids is 1. The number of hydrogen-bond donors (Lipinski definition) is 2. The maximum Gasteiger partial charge on any atom is 0.303 e. The lowest BCUT2D eigenvalue weighted by molar-refractivity contribution is -0.137. The van der Waals surface area contributed by atoms with Gasteiger partial charge in [-0.1, -0.05) is 15.9 Å². The van der Waals surface area contributed by atoms with Gasteiger partial charge in [-0.05, 0) is 24.6 Å². The number of hydrogen-bond acceptors (Lipinski definition) is 2. The summed E-state index contributed by atoms with van der Waals surface area (Å²) in [5.74, 6) is -1.34. The van der Waals surface area contributed by atoms with E-state index < -0.39 is 17.8 Å². The lowest BCUT2D eigenvalue weighted by atomic mass is 10.0. The van der Waals surface area contributed by atoms with Crippen LogP contribution in [0.5, 0.6) is 0 Å². The summed E-state index contributed by atoms with van der Waals surface area (Å²) in [6, 6.07) is 3.86. The van der Waals surface area contributed by atoms with Gasteiger partial charge in [-0.3, -0.25) is 4.79 Å². The molecular formula is C10H11BrFNO2. The Morgan fingerprint density at radius 1 is 1.60 bits per heavy atom. The van der Waals surface area contributed by atoms with E-state index >= 15 is 0 Å². The molecule has 1 aromatic carbocycles. The maximum atomic E-state index is 13.3. The van der Waals surface area contributed by atoms with Crippen molar-refractivity contribution in [1.82, 2.24) is 0 Å². The highest BCUT2D eigenvalue weighted by Gasteiger charge is 2.13. The molecule has 0 aromatic heterocycles. The number of aliphatic carboxylic acids is 1. The predicted octanol–water partition coefficient (Wildman–Crippen LogP) is 2.45. The van der Waals surface area contributed by atoms with Crippen molar-refractivity contribution in [1.29, 1.82) is 0 Å². The SMILES string of the molecule is NC(CCC(=O)O)c1cc(Br)ccc1F. The molecule has 3 N–H and O–H groups in total. The van der Waals surface area contributed by atoms with Crippen LogP contribution >= 0.6 is 15.9 Å². The molecule has 82 valence electrons. The molecule has 1 atom stereocenters. The number of benzene rings is 1. The summed E-state index contributed by atoms with van der Waals surface area (Å²) in [6.07, 6.45) is 0.163. The molecule has 0 saturated carbocycles. The molecule has 0 bridgehead atoms. The summed E-state index contributed by atoms with van der Waals surface area (Å²) < 4.78 is 14.0. The van der Waals surface area contributed by atoms with Crippen LogP contribution in [0.3, 0.4) is 0 Å². The molecule has 1 rings (SSSR count). The van der Waals surface area contributed by atoms with Gasteiger partial charge in [-0.25, -0.2) is 4.39 Å². The summed E-state index contributed by atoms with van der Waals surface area (Å²) >= 11 is 3.21. The molecule has 0 fully saturated rings.